The number of halogens is 1. The Hall–Kier alpha value is -2.34. The average Bonchev–Trinajstić information content (AvgIpc) is 3.20. The summed E-state index contributed by atoms with van der Waals surface area (Å²) < 4.78 is 5.33. The first kappa shape index (κ1) is 20.4. The number of rotatable bonds is 7. The van der Waals surface area contributed by atoms with Gasteiger partial charge in [-0.15, -0.1) is 11.3 Å². The van der Waals surface area contributed by atoms with Gasteiger partial charge in [-0.05, 0) is 42.5 Å². The van der Waals surface area contributed by atoms with Gasteiger partial charge in [-0.1, -0.05) is 47.5 Å². The Morgan fingerprint density at radius 1 is 1.18 bits per heavy atom. The molecule has 2 aromatic carbocycles. The van der Waals surface area contributed by atoms with Crippen molar-refractivity contribution in [3.63, 3.8) is 0 Å². The second-order valence-electron chi connectivity index (χ2n) is 6.59. The fraction of sp³-hybridized carbons (Fsp3) is 0.227. The van der Waals surface area contributed by atoms with E-state index in [0.717, 1.165) is 16.0 Å². The van der Waals surface area contributed by atoms with E-state index in [1.165, 1.54) is 5.56 Å². The topological polar surface area (TPSA) is 50.4 Å². The molecule has 0 aliphatic carbocycles. The maximum Gasteiger partial charge on any atom is 0.238 e. The van der Waals surface area contributed by atoms with Crippen molar-refractivity contribution in [3.05, 3.63) is 80.5 Å². The highest BCUT2D eigenvalue weighted by molar-refractivity contribution is 7.10. The van der Waals surface area contributed by atoms with E-state index in [9.17, 15) is 4.79 Å². The van der Waals surface area contributed by atoms with Gasteiger partial charge in [0.2, 0.25) is 5.91 Å². The maximum absolute atomic E-state index is 12.6. The summed E-state index contributed by atoms with van der Waals surface area (Å²) in [5, 5.41) is 8.93. The number of carbonyl (C=O) groups excluding carboxylic acids is 1. The van der Waals surface area contributed by atoms with Gasteiger partial charge in [-0.25, -0.2) is 0 Å². The summed E-state index contributed by atoms with van der Waals surface area (Å²) in [4.78, 5) is 13.7. The smallest absolute Gasteiger partial charge is 0.238 e. The summed E-state index contributed by atoms with van der Waals surface area (Å²) in [6, 6.07) is 15.9. The summed E-state index contributed by atoms with van der Waals surface area (Å²) in [5.74, 6) is 0.394. The van der Waals surface area contributed by atoms with Crippen molar-refractivity contribution in [3.8, 4) is 5.75 Å². The zero-order valence-electron chi connectivity index (χ0n) is 16.1. The van der Waals surface area contributed by atoms with Gasteiger partial charge in [0.05, 0.1) is 25.4 Å². The second kappa shape index (κ2) is 9.24. The summed E-state index contributed by atoms with van der Waals surface area (Å²) in [5.41, 5.74) is 3.82. The third-order valence-corrected chi connectivity index (χ3v) is 5.80. The van der Waals surface area contributed by atoms with Crippen LogP contribution in [0.5, 0.6) is 5.75 Å². The van der Waals surface area contributed by atoms with Crippen molar-refractivity contribution in [1.29, 1.82) is 0 Å². The molecule has 1 amide bonds. The standard InChI is InChI=1S/C22H23ClN2O2S/c1-14-6-8-16(9-7-14)22(20-5-4-10-28-20)24-13-21(26)25-18-11-15(2)17(23)12-19(18)27-3/h4-12,22,24H,13H2,1-3H3,(H,25,26). The van der Waals surface area contributed by atoms with Crippen LogP contribution in [0.2, 0.25) is 5.02 Å². The predicted octanol–water partition coefficient (Wildman–Crippen LogP) is 5.34. The molecular weight excluding hydrogens is 392 g/mol. The average molecular weight is 415 g/mol. The molecule has 146 valence electrons. The van der Waals surface area contributed by atoms with Crippen LogP contribution in [0, 0.1) is 13.8 Å². The fourth-order valence-corrected chi connectivity index (χ4v) is 3.90. The summed E-state index contributed by atoms with van der Waals surface area (Å²) >= 11 is 7.80. The van der Waals surface area contributed by atoms with Crippen LogP contribution in [-0.2, 0) is 4.79 Å². The number of carbonyl (C=O) groups is 1. The molecule has 0 fully saturated rings. The maximum atomic E-state index is 12.6. The molecule has 0 saturated heterocycles. The predicted molar refractivity (Wildman–Crippen MR) is 117 cm³/mol. The normalized spacial score (nSPS) is 11.9. The van der Waals surface area contributed by atoms with Crippen LogP contribution in [0.1, 0.15) is 27.6 Å². The molecule has 1 atom stereocenters. The van der Waals surface area contributed by atoms with E-state index in [1.54, 1.807) is 24.5 Å². The lowest BCUT2D eigenvalue weighted by molar-refractivity contribution is -0.115. The van der Waals surface area contributed by atoms with Crippen molar-refractivity contribution in [1.82, 2.24) is 5.32 Å². The first-order valence-corrected chi connectivity index (χ1v) is 10.2. The number of ether oxygens (including phenoxy) is 1. The number of hydrogen-bond donors (Lipinski definition) is 2. The molecule has 6 heteroatoms. The number of anilines is 1. The van der Waals surface area contributed by atoms with Crippen molar-refractivity contribution in [2.75, 3.05) is 19.0 Å². The second-order valence-corrected chi connectivity index (χ2v) is 7.98. The van der Waals surface area contributed by atoms with Crippen LogP contribution in [0.4, 0.5) is 5.69 Å². The van der Waals surface area contributed by atoms with E-state index in [1.807, 2.05) is 24.4 Å². The van der Waals surface area contributed by atoms with Crippen LogP contribution in [-0.4, -0.2) is 19.6 Å². The molecule has 0 aliphatic rings. The quantitative estimate of drug-likeness (QED) is 0.548. The van der Waals surface area contributed by atoms with E-state index < -0.39 is 0 Å². The van der Waals surface area contributed by atoms with E-state index in [4.69, 9.17) is 16.3 Å². The van der Waals surface area contributed by atoms with E-state index >= 15 is 0 Å². The third-order valence-electron chi connectivity index (χ3n) is 4.46. The minimum Gasteiger partial charge on any atom is -0.495 e. The Morgan fingerprint density at radius 2 is 1.93 bits per heavy atom. The first-order valence-electron chi connectivity index (χ1n) is 8.95. The van der Waals surface area contributed by atoms with Crippen LogP contribution in [0.25, 0.3) is 0 Å². The Kier molecular flexibility index (Phi) is 6.73. The molecule has 0 bridgehead atoms. The van der Waals surface area contributed by atoms with Gasteiger partial charge in [0.15, 0.2) is 0 Å². The van der Waals surface area contributed by atoms with Crippen LogP contribution >= 0.6 is 22.9 Å². The lowest BCUT2D eigenvalue weighted by Crippen LogP contribution is -2.31. The van der Waals surface area contributed by atoms with Gasteiger partial charge < -0.3 is 10.1 Å². The Labute approximate surface area is 174 Å². The SMILES string of the molecule is COc1cc(Cl)c(C)cc1NC(=O)CNC(c1ccc(C)cc1)c1cccs1. The highest BCUT2D eigenvalue weighted by Gasteiger charge is 2.17. The van der Waals surface area contributed by atoms with Crippen LogP contribution < -0.4 is 15.4 Å². The van der Waals surface area contributed by atoms with E-state index in [0.29, 0.717) is 16.5 Å². The van der Waals surface area contributed by atoms with Crippen molar-refractivity contribution in [2.45, 2.75) is 19.9 Å². The van der Waals surface area contributed by atoms with Gasteiger partial charge in [-0.2, -0.15) is 0 Å². The molecule has 0 radical (unpaired) electrons. The first-order chi connectivity index (χ1) is 13.5. The number of amides is 1. The Morgan fingerprint density at radius 3 is 2.57 bits per heavy atom. The Balaban J connectivity index is 1.72. The molecule has 1 heterocycles. The zero-order chi connectivity index (χ0) is 20.1. The van der Waals surface area contributed by atoms with Crippen molar-refractivity contribution >= 4 is 34.5 Å². The summed E-state index contributed by atoms with van der Waals surface area (Å²) in [7, 11) is 1.55. The highest BCUT2D eigenvalue weighted by atomic mass is 35.5. The molecule has 0 spiro atoms. The molecule has 4 nitrogen and oxygen atoms in total. The molecule has 28 heavy (non-hydrogen) atoms. The number of thiophene rings is 1. The van der Waals surface area contributed by atoms with Crippen molar-refractivity contribution in [2.24, 2.45) is 0 Å². The Bertz CT molecular complexity index is 940. The summed E-state index contributed by atoms with van der Waals surface area (Å²) in [6.07, 6.45) is 0. The molecule has 1 unspecified atom stereocenters. The van der Waals surface area contributed by atoms with E-state index in [2.05, 4.69) is 47.9 Å². The third kappa shape index (κ3) is 4.93. The molecular formula is C22H23ClN2O2S. The van der Waals surface area contributed by atoms with Crippen molar-refractivity contribution < 1.29 is 9.53 Å². The fourth-order valence-electron chi connectivity index (χ4n) is 2.92. The molecule has 0 saturated carbocycles. The number of benzene rings is 2. The van der Waals surface area contributed by atoms with E-state index in [-0.39, 0.29) is 18.5 Å². The van der Waals surface area contributed by atoms with Gasteiger partial charge >= 0.3 is 0 Å². The van der Waals surface area contributed by atoms with Gasteiger partial charge in [0.1, 0.15) is 5.75 Å². The molecule has 0 aliphatic heterocycles. The van der Waals surface area contributed by atoms with Crippen LogP contribution in [0.3, 0.4) is 0 Å². The summed E-state index contributed by atoms with van der Waals surface area (Å²) in [6.45, 7) is 4.12. The minimum atomic E-state index is -0.145. The number of methoxy groups -OCH3 is 1. The zero-order valence-corrected chi connectivity index (χ0v) is 17.7. The van der Waals surface area contributed by atoms with Gasteiger partial charge in [0.25, 0.3) is 0 Å². The largest absolute Gasteiger partial charge is 0.495 e. The molecule has 3 aromatic rings. The van der Waals surface area contributed by atoms with Gasteiger partial charge in [-0.3, -0.25) is 10.1 Å². The molecule has 1 aromatic heterocycles. The lowest BCUT2D eigenvalue weighted by atomic mass is 10.0. The van der Waals surface area contributed by atoms with Crippen LogP contribution in [0.15, 0.2) is 53.9 Å². The molecule has 3 rings (SSSR count). The van der Waals surface area contributed by atoms with Gasteiger partial charge in [0, 0.05) is 16.0 Å². The monoisotopic (exact) mass is 414 g/mol. The number of hydrogen-bond acceptors (Lipinski definition) is 4. The molecule has 2 N–H and O–H groups in total. The minimum absolute atomic E-state index is 0.0415. The number of nitrogens with one attached hydrogen (secondary N) is 2. The lowest BCUT2D eigenvalue weighted by Gasteiger charge is -2.19. The number of aryl methyl sites for hydroxylation is 2. The highest BCUT2D eigenvalue weighted by Crippen LogP contribution is 2.31.